The third-order valence-electron chi connectivity index (χ3n) is 3.78. The number of rotatable bonds is 7. The number of carbonyl (C=O) groups excluding carboxylic acids is 1. The number of nitrogens with zero attached hydrogens (tertiary/aromatic N) is 4. The quantitative estimate of drug-likeness (QED) is 0.492. The number of pyridine rings is 1. The maximum absolute atomic E-state index is 12.8. The first-order valence-electron chi connectivity index (χ1n) is 8.30. The summed E-state index contributed by atoms with van der Waals surface area (Å²) in [5.74, 6) is 0.0988. The molecule has 2 heterocycles. The van der Waals surface area contributed by atoms with Crippen LogP contribution in [-0.4, -0.2) is 39.3 Å². The Kier molecular flexibility index (Phi) is 5.49. The minimum absolute atomic E-state index is 0.162. The standard InChI is InChI=1S/C18H17N5O5/c1-3-28-16-10-12(14(23(25)26)11-15(16)27-2)18(24)21-13-6-4-7-19-17(13)22-9-5-8-20-22/h4-11H,3H2,1-2H3,(H,21,24). The fraction of sp³-hybridized carbons (Fsp3) is 0.167. The molecule has 10 heteroatoms. The van der Waals surface area contributed by atoms with Crippen LogP contribution in [0.5, 0.6) is 11.5 Å². The molecule has 144 valence electrons. The van der Waals surface area contributed by atoms with Gasteiger partial charge in [-0.15, -0.1) is 0 Å². The second-order valence-corrected chi connectivity index (χ2v) is 5.49. The highest BCUT2D eigenvalue weighted by atomic mass is 16.6. The SMILES string of the molecule is CCOc1cc(C(=O)Nc2cccnc2-n2cccn2)c([N+](=O)[O-])cc1OC. The number of ether oxygens (including phenoxy) is 2. The summed E-state index contributed by atoms with van der Waals surface area (Å²) < 4.78 is 12.0. The molecule has 0 spiro atoms. The Balaban J connectivity index is 2.01. The molecule has 0 radical (unpaired) electrons. The molecule has 1 N–H and O–H groups in total. The molecule has 3 aromatic rings. The highest BCUT2D eigenvalue weighted by molar-refractivity contribution is 6.08. The van der Waals surface area contributed by atoms with Crippen molar-refractivity contribution < 1.29 is 19.2 Å². The van der Waals surface area contributed by atoms with Crippen LogP contribution in [0.1, 0.15) is 17.3 Å². The van der Waals surface area contributed by atoms with Gasteiger partial charge in [-0.05, 0) is 25.1 Å². The van der Waals surface area contributed by atoms with Gasteiger partial charge in [0, 0.05) is 24.7 Å². The molecule has 3 rings (SSSR count). The van der Waals surface area contributed by atoms with Crippen molar-refractivity contribution in [3.05, 3.63) is 64.6 Å². The van der Waals surface area contributed by atoms with E-state index in [4.69, 9.17) is 9.47 Å². The molecular weight excluding hydrogens is 366 g/mol. The summed E-state index contributed by atoms with van der Waals surface area (Å²) in [5.41, 5.74) is -0.217. The van der Waals surface area contributed by atoms with Crippen LogP contribution in [0, 0.1) is 10.1 Å². The minimum Gasteiger partial charge on any atom is -0.493 e. The van der Waals surface area contributed by atoms with Crippen molar-refractivity contribution in [2.45, 2.75) is 6.92 Å². The van der Waals surface area contributed by atoms with E-state index in [0.29, 0.717) is 18.1 Å². The van der Waals surface area contributed by atoms with Gasteiger partial charge in [-0.1, -0.05) is 0 Å². The molecule has 10 nitrogen and oxygen atoms in total. The summed E-state index contributed by atoms with van der Waals surface area (Å²) in [7, 11) is 1.37. The highest BCUT2D eigenvalue weighted by Gasteiger charge is 2.25. The van der Waals surface area contributed by atoms with Crippen LogP contribution in [0.3, 0.4) is 0 Å². The molecule has 2 aromatic heterocycles. The number of aromatic nitrogens is 3. The van der Waals surface area contributed by atoms with E-state index < -0.39 is 16.5 Å². The molecule has 0 saturated heterocycles. The number of methoxy groups -OCH3 is 1. The maximum Gasteiger partial charge on any atom is 0.286 e. The Morgan fingerprint density at radius 2 is 2.11 bits per heavy atom. The molecule has 0 atom stereocenters. The second-order valence-electron chi connectivity index (χ2n) is 5.49. The lowest BCUT2D eigenvalue weighted by atomic mass is 10.1. The van der Waals surface area contributed by atoms with E-state index in [1.807, 2.05) is 0 Å². The fourth-order valence-electron chi connectivity index (χ4n) is 2.57. The summed E-state index contributed by atoms with van der Waals surface area (Å²) >= 11 is 0. The van der Waals surface area contributed by atoms with Gasteiger partial charge in [-0.2, -0.15) is 5.10 Å². The monoisotopic (exact) mass is 383 g/mol. The third kappa shape index (κ3) is 3.75. The normalized spacial score (nSPS) is 10.4. The molecule has 0 aliphatic carbocycles. The van der Waals surface area contributed by atoms with Crippen molar-refractivity contribution in [1.29, 1.82) is 0 Å². The molecule has 1 aromatic carbocycles. The molecule has 0 aliphatic heterocycles. The first-order chi connectivity index (χ1) is 13.5. The summed E-state index contributed by atoms with van der Waals surface area (Å²) in [6.45, 7) is 2.06. The van der Waals surface area contributed by atoms with Crippen molar-refractivity contribution in [1.82, 2.24) is 14.8 Å². The van der Waals surface area contributed by atoms with Crippen LogP contribution in [0.4, 0.5) is 11.4 Å². The molecule has 0 saturated carbocycles. The average Bonchev–Trinajstić information content (AvgIpc) is 3.22. The number of nitro groups is 1. The van der Waals surface area contributed by atoms with E-state index in [1.165, 1.54) is 17.9 Å². The van der Waals surface area contributed by atoms with E-state index in [9.17, 15) is 14.9 Å². The Hall–Kier alpha value is -3.95. The van der Waals surface area contributed by atoms with Gasteiger partial charge in [0.2, 0.25) is 0 Å². The third-order valence-corrected chi connectivity index (χ3v) is 3.78. The van der Waals surface area contributed by atoms with Crippen LogP contribution in [0.2, 0.25) is 0 Å². The van der Waals surface area contributed by atoms with Gasteiger partial charge in [-0.3, -0.25) is 14.9 Å². The van der Waals surface area contributed by atoms with Crippen LogP contribution < -0.4 is 14.8 Å². The zero-order valence-electron chi connectivity index (χ0n) is 15.2. The summed E-state index contributed by atoms with van der Waals surface area (Å²) in [6, 6.07) is 7.43. The molecular formula is C18H17N5O5. The van der Waals surface area contributed by atoms with Crippen molar-refractivity contribution >= 4 is 17.3 Å². The van der Waals surface area contributed by atoms with Gasteiger partial charge < -0.3 is 14.8 Å². The number of carbonyl (C=O) groups is 1. The van der Waals surface area contributed by atoms with E-state index in [0.717, 1.165) is 6.07 Å². The molecule has 0 unspecified atom stereocenters. The first-order valence-corrected chi connectivity index (χ1v) is 8.30. The van der Waals surface area contributed by atoms with Gasteiger partial charge >= 0.3 is 0 Å². The number of amides is 1. The Bertz CT molecular complexity index is 1000. The number of hydrogen-bond acceptors (Lipinski definition) is 7. The number of benzene rings is 1. The fourth-order valence-corrected chi connectivity index (χ4v) is 2.57. The molecule has 1 amide bonds. The average molecular weight is 383 g/mol. The van der Waals surface area contributed by atoms with E-state index in [2.05, 4.69) is 15.4 Å². The van der Waals surface area contributed by atoms with Crippen molar-refractivity contribution in [2.24, 2.45) is 0 Å². The van der Waals surface area contributed by atoms with Crippen LogP contribution in [0.25, 0.3) is 5.82 Å². The zero-order valence-corrected chi connectivity index (χ0v) is 15.2. The summed E-state index contributed by atoms with van der Waals surface area (Å²) in [6.07, 6.45) is 4.79. The Labute approximate surface area is 159 Å². The topological polar surface area (TPSA) is 121 Å². The number of anilines is 1. The predicted octanol–water partition coefficient (Wildman–Crippen LogP) is 2.84. The van der Waals surface area contributed by atoms with Gasteiger partial charge in [0.15, 0.2) is 17.3 Å². The lowest BCUT2D eigenvalue weighted by Gasteiger charge is -2.13. The molecule has 28 heavy (non-hydrogen) atoms. The smallest absolute Gasteiger partial charge is 0.286 e. The van der Waals surface area contributed by atoms with Gasteiger partial charge in [0.25, 0.3) is 11.6 Å². The molecule has 0 fully saturated rings. The van der Waals surface area contributed by atoms with Crippen molar-refractivity contribution in [3.8, 4) is 17.3 Å². The van der Waals surface area contributed by atoms with Crippen LogP contribution in [-0.2, 0) is 0 Å². The summed E-state index contributed by atoms with van der Waals surface area (Å²) in [5, 5.41) is 18.2. The van der Waals surface area contributed by atoms with Crippen molar-refractivity contribution in [2.75, 3.05) is 19.0 Å². The Morgan fingerprint density at radius 1 is 1.29 bits per heavy atom. The number of nitrogens with one attached hydrogen (secondary N) is 1. The zero-order chi connectivity index (χ0) is 20.1. The minimum atomic E-state index is -0.684. The van der Waals surface area contributed by atoms with Crippen LogP contribution in [0.15, 0.2) is 48.9 Å². The van der Waals surface area contributed by atoms with Crippen molar-refractivity contribution in [3.63, 3.8) is 0 Å². The highest BCUT2D eigenvalue weighted by Crippen LogP contribution is 2.35. The molecule has 0 aliphatic rings. The lowest BCUT2D eigenvalue weighted by molar-refractivity contribution is -0.385. The Morgan fingerprint density at radius 3 is 2.75 bits per heavy atom. The predicted molar refractivity (Wildman–Crippen MR) is 100 cm³/mol. The van der Waals surface area contributed by atoms with E-state index in [-0.39, 0.29) is 17.1 Å². The summed E-state index contributed by atoms with van der Waals surface area (Å²) in [4.78, 5) is 27.9. The maximum atomic E-state index is 12.8. The van der Waals surface area contributed by atoms with Crippen LogP contribution >= 0.6 is 0 Å². The molecule has 0 bridgehead atoms. The lowest BCUT2D eigenvalue weighted by Crippen LogP contribution is -2.16. The number of hydrogen-bond donors (Lipinski definition) is 1. The van der Waals surface area contributed by atoms with Gasteiger partial charge in [-0.25, -0.2) is 9.67 Å². The van der Waals surface area contributed by atoms with E-state index in [1.54, 1.807) is 43.7 Å². The second kappa shape index (κ2) is 8.16. The number of nitro benzene ring substituents is 1. The van der Waals surface area contributed by atoms with E-state index >= 15 is 0 Å². The largest absolute Gasteiger partial charge is 0.493 e. The first kappa shape index (κ1) is 18.8. The van der Waals surface area contributed by atoms with Gasteiger partial charge in [0.05, 0.1) is 30.4 Å². The van der Waals surface area contributed by atoms with Gasteiger partial charge in [0.1, 0.15) is 5.56 Å².